The molecule has 0 rings (SSSR count). The fraction of sp³-hybridized carbons (Fsp3) is 0.857. The molecule has 0 unspecified atom stereocenters. The SMILES string of the molecule is CCCN=C(CCC)NO. The smallest absolute Gasteiger partial charge is 0.120 e. The second-order valence-electron chi connectivity index (χ2n) is 2.19. The van der Waals surface area contributed by atoms with Crippen LogP contribution in [-0.4, -0.2) is 17.6 Å². The molecule has 0 aliphatic carbocycles. The molecule has 0 atom stereocenters. The third kappa shape index (κ3) is 4.32. The van der Waals surface area contributed by atoms with Crippen LogP contribution in [0.15, 0.2) is 4.99 Å². The van der Waals surface area contributed by atoms with Gasteiger partial charge in [-0.15, -0.1) is 0 Å². The summed E-state index contributed by atoms with van der Waals surface area (Å²) in [6.07, 6.45) is 2.86. The molecule has 0 fully saturated rings. The number of hydrogen-bond donors (Lipinski definition) is 2. The lowest BCUT2D eigenvalue weighted by atomic mass is 10.3. The zero-order valence-electron chi connectivity index (χ0n) is 6.72. The van der Waals surface area contributed by atoms with Crippen LogP contribution in [0.5, 0.6) is 0 Å². The maximum absolute atomic E-state index is 8.50. The Morgan fingerprint density at radius 2 is 2.10 bits per heavy atom. The van der Waals surface area contributed by atoms with E-state index in [-0.39, 0.29) is 0 Å². The number of amidine groups is 1. The molecule has 3 heteroatoms. The largest absolute Gasteiger partial charge is 0.290 e. The second kappa shape index (κ2) is 6.55. The molecule has 10 heavy (non-hydrogen) atoms. The molecule has 0 aliphatic heterocycles. The second-order valence-corrected chi connectivity index (χ2v) is 2.19. The number of hydrogen-bond acceptors (Lipinski definition) is 2. The van der Waals surface area contributed by atoms with Crippen LogP contribution < -0.4 is 5.48 Å². The van der Waals surface area contributed by atoms with E-state index in [9.17, 15) is 0 Å². The predicted octanol–water partition coefficient (Wildman–Crippen LogP) is 1.57. The number of nitrogens with one attached hydrogen (secondary N) is 1. The Morgan fingerprint density at radius 1 is 1.40 bits per heavy atom. The highest BCUT2D eigenvalue weighted by Gasteiger charge is 1.91. The van der Waals surface area contributed by atoms with Gasteiger partial charge in [-0.1, -0.05) is 13.8 Å². The molecule has 60 valence electrons. The topological polar surface area (TPSA) is 44.6 Å². The molecule has 0 aromatic rings. The molecule has 2 N–H and O–H groups in total. The van der Waals surface area contributed by atoms with Gasteiger partial charge in [-0.05, 0) is 12.8 Å². The van der Waals surface area contributed by atoms with Crippen LogP contribution in [0.4, 0.5) is 0 Å². The lowest BCUT2D eigenvalue weighted by Gasteiger charge is -2.00. The van der Waals surface area contributed by atoms with E-state index >= 15 is 0 Å². The van der Waals surface area contributed by atoms with Crippen molar-refractivity contribution in [2.75, 3.05) is 6.54 Å². The van der Waals surface area contributed by atoms with Crippen LogP contribution >= 0.6 is 0 Å². The summed E-state index contributed by atoms with van der Waals surface area (Å²) in [7, 11) is 0. The van der Waals surface area contributed by atoms with E-state index in [0.717, 1.165) is 25.8 Å². The minimum Gasteiger partial charge on any atom is -0.290 e. The summed E-state index contributed by atoms with van der Waals surface area (Å²) in [6.45, 7) is 4.91. The molecule has 0 saturated heterocycles. The summed E-state index contributed by atoms with van der Waals surface area (Å²) >= 11 is 0. The maximum Gasteiger partial charge on any atom is 0.120 e. The lowest BCUT2D eigenvalue weighted by Crippen LogP contribution is -2.18. The van der Waals surface area contributed by atoms with Gasteiger partial charge in [0, 0.05) is 13.0 Å². The predicted molar refractivity (Wildman–Crippen MR) is 42.4 cm³/mol. The number of rotatable bonds is 4. The Hall–Kier alpha value is -0.570. The van der Waals surface area contributed by atoms with E-state index < -0.39 is 0 Å². The van der Waals surface area contributed by atoms with Gasteiger partial charge in [-0.3, -0.25) is 15.7 Å². The Morgan fingerprint density at radius 3 is 2.50 bits per heavy atom. The van der Waals surface area contributed by atoms with Gasteiger partial charge in [0.05, 0.1) is 0 Å². The van der Waals surface area contributed by atoms with E-state index in [0.29, 0.717) is 5.84 Å². The molecule has 0 spiro atoms. The van der Waals surface area contributed by atoms with E-state index in [1.807, 2.05) is 0 Å². The molecule has 0 bridgehead atoms. The number of nitrogens with zero attached hydrogens (tertiary/aromatic N) is 1. The molecule has 0 heterocycles. The van der Waals surface area contributed by atoms with Gasteiger partial charge in [-0.2, -0.15) is 0 Å². The fourth-order valence-electron chi connectivity index (χ4n) is 0.654. The van der Waals surface area contributed by atoms with E-state index in [1.54, 1.807) is 0 Å². The summed E-state index contributed by atoms with van der Waals surface area (Å²) in [5.41, 5.74) is 2.09. The molecule has 0 aromatic heterocycles. The molecular formula is C7H16N2O. The highest BCUT2D eigenvalue weighted by Crippen LogP contribution is 1.89. The first kappa shape index (κ1) is 9.43. The first-order chi connectivity index (χ1) is 4.85. The van der Waals surface area contributed by atoms with Gasteiger partial charge in [0.2, 0.25) is 0 Å². The summed E-state index contributed by atoms with van der Waals surface area (Å²) in [4.78, 5) is 4.11. The van der Waals surface area contributed by atoms with Crippen molar-refractivity contribution in [1.82, 2.24) is 5.48 Å². The summed E-state index contributed by atoms with van der Waals surface area (Å²) in [5.74, 6) is 0.698. The van der Waals surface area contributed by atoms with Crippen molar-refractivity contribution in [3.05, 3.63) is 0 Å². The standard InChI is InChI=1S/C7H16N2O/c1-3-5-7(9-10)8-6-4-2/h10H,3-6H2,1-2H3,(H,8,9). The van der Waals surface area contributed by atoms with Crippen LogP contribution in [-0.2, 0) is 0 Å². The van der Waals surface area contributed by atoms with Crippen molar-refractivity contribution in [3.63, 3.8) is 0 Å². The average molecular weight is 144 g/mol. The van der Waals surface area contributed by atoms with Crippen molar-refractivity contribution in [1.29, 1.82) is 0 Å². The molecule has 3 nitrogen and oxygen atoms in total. The van der Waals surface area contributed by atoms with E-state index in [1.165, 1.54) is 0 Å². The number of hydroxylamine groups is 1. The van der Waals surface area contributed by atoms with Gasteiger partial charge < -0.3 is 0 Å². The van der Waals surface area contributed by atoms with E-state index in [2.05, 4.69) is 24.3 Å². The zero-order valence-corrected chi connectivity index (χ0v) is 6.72. The van der Waals surface area contributed by atoms with Gasteiger partial charge in [-0.25, -0.2) is 0 Å². The Labute approximate surface area is 62.1 Å². The Bertz CT molecular complexity index is 102. The molecule has 0 amide bonds. The molecule has 0 aliphatic rings. The first-order valence-corrected chi connectivity index (χ1v) is 3.78. The summed E-state index contributed by atoms with van der Waals surface area (Å²) in [6, 6.07) is 0. The molecule has 0 saturated carbocycles. The lowest BCUT2D eigenvalue weighted by molar-refractivity contribution is 0.231. The van der Waals surface area contributed by atoms with Crippen molar-refractivity contribution in [2.45, 2.75) is 33.1 Å². The van der Waals surface area contributed by atoms with Crippen molar-refractivity contribution >= 4 is 5.84 Å². The number of aliphatic imine (C=N–C) groups is 1. The van der Waals surface area contributed by atoms with Crippen LogP contribution in [0.25, 0.3) is 0 Å². The van der Waals surface area contributed by atoms with Gasteiger partial charge >= 0.3 is 0 Å². The van der Waals surface area contributed by atoms with Gasteiger partial charge in [0.15, 0.2) is 0 Å². The molecule has 0 aromatic carbocycles. The quantitative estimate of drug-likeness (QED) is 0.357. The maximum atomic E-state index is 8.50. The molecular weight excluding hydrogens is 128 g/mol. The third-order valence-corrected chi connectivity index (χ3v) is 1.14. The van der Waals surface area contributed by atoms with Gasteiger partial charge in [0.1, 0.15) is 5.84 Å². The van der Waals surface area contributed by atoms with Crippen LogP contribution in [0.2, 0.25) is 0 Å². The van der Waals surface area contributed by atoms with Crippen LogP contribution in [0, 0.1) is 0 Å². The highest BCUT2D eigenvalue weighted by molar-refractivity contribution is 5.80. The zero-order chi connectivity index (χ0) is 7.82. The fourth-order valence-corrected chi connectivity index (χ4v) is 0.654. The van der Waals surface area contributed by atoms with Crippen molar-refractivity contribution < 1.29 is 5.21 Å². The van der Waals surface area contributed by atoms with Crippen molar-refractivity contribution in [3.8, 4) is 0 Å². The van der Waals surface area contributed by atoms with Crippen LogP contribution in [0.3, 0.4) is 0 Å². The average Bonchev–Trinajstić information content (AvgIpc) is 1.98. The highest BCUT2D eigenvalue weighted by atomic mass is 16.5. The van der Waals surface area contributed by atoms with Crippen molar-refractivity contribution in [2.24, 2.45) is 4.99 Å². The normalized spacial score (nSPS) is 11.7. The Balaban J connectivity index is 3.55. The Kier molecular flexibility index (Phi) is 6.18. The monoisotopic (exact) mass is 144 g/mol. The summed E-state index contributed by atoms with van der Waals surface area (Å²) in [5, 5.41) is 8.50. The summed E-state index contributed by atoms with van der Waals surface area (Å²) < 4.78 is 0. The third-order valence-electron chi connectivity index (χ3n) is 1.14. The minimum absolute atomic E-state index is 0.698. The molecule has 0 radical (unpaired) electrons. The first-order valence-electron chi connectivity index (χ1n) is 3.78. The van der Waals surface area contributed by atoms with E-state index in [4.69, 9.17) is 5.21 Å². The van der Waals surface area contributed by atoms with Gasteiger partial charge in [0.25, 0.3) is 0 Å². The van der Waals surface area contributed by atoms with Crippen LogP contribution in [0.1, 0.15) is 33.1 Å². The minimum atomic E-state index is 0.698.